The van der Waals surface area contributed by atoms with Crippen LogP contribution in [0.2, 0.25) is 0 Å². The third-order valence-corrected chi connectivity index (χ3v) is 5.65. The molecule has 0 unspecified atom stereocenters. The van der Waals surface area contributed by atoms with Crippen molar-refractivity contribution in [2.75, 3.05) is 31.1 Å². The molecule has 0 atom stereocenters. The molecule has 0 bridgehead atoms. The first-order chi connectivity index (χ1) is 11.6. The highest BCUT2D eigenvalue weighted by atomic mass is 79.9. The lowest BCUT2D eigenvalue weighted by atomic mass is 10.2. The number of aryl methyl sites for hydroxylation is 1. The fourth-order valence-corrected chi connectivity index (χ4v) is 4.21. The van der Waals surface area contributed by atoms with E-state index in [1.165, 1.54) is 17.7 Å². The Morgan fingerprint density at radius 3 is 2.75 bits per heavy atom. The van der Waals surface area contributed by atoms with E-state index in [9.17, 15) is 4.79 Å². The Bertz CT molecular complexity index is 898. The van der Waals surface area contributed by atoms with Crippen LogP contribution in [0.4, 0.5) is 5.82 Å². The quantitative estimate of drug-likeness (QED) is 0.652. The summed E-state index contributed by atoms with van der Waals surface area (Å²) in [5, 5.41) is 4.26. The van der Waals surface area contributed by atoms with Crippen molar-refractivity contribution in [3.8, 4) is 0 Å². The van der Waals surface area contributed by atoms with Crippen LogP contribution in [0.25, 0.3) is 5.78 Å². The zero-order valence-electron chi connectivity index (χ0n) is 13.0. The predicted octanol–water partition coefficient (Wildman–Crippen LogP) is 2.22. The summed E-state index contributed by atoms with van der Waals surface area (Å²) in [6.45, 7) is 4.85. The Morgan fingerprint density at radius 1 is 1.25 bits per heavy atom. The number of amides is 1. The molecule has 24 heavy (non-hydrogen) atoms. The van der Waals surface area contributed by atoms with Gasteiger partial charge in [0.15, 0.2) is 0 Å². The lowest BCUT2D eigenvalue weighted by Gasteiger charge is -2.35. The number of nitrogens with zero attached hydrogens (tertiary/aromatic N) is 6. The molecule has 1 aliphatic rings. The van der Waals surface area contributed by atoms with Crippen LogP contribution in [-0.4, -0.2) is 56.6 Å². The molecule has 0 aliphatic carbocycles. The second-order valence-electron chi connectivity index (χ2n) is 5.61. The molecule has 3 aromatic rings. The van der Waals surface area contributed by atoms with E-state index < -0.39 is 0 Å². The number of carbonyl (C=O) groups excluding carboxylic acids is 1. The van der Waals surface area contributed by atoms with E-state index in [-0.39, 0.29) is 5.91 Å². The summed E-state index contributed by atoms with van der Waals surface area (Å²) in [5.74, 6) is 1.68. The maximum Gasteiger partial charge on any atom is 0.264 e. The van der Waals surface area contributed by atoms with Crippen molar-refractivity contribution in [2.24, 2.45) is 0 Å². The summed E-state index contributed by atoms with van der Waals surface area (Å²) in [7, 11) is 0. The molecule has 124 valence electrons. The smallest absolute Gasteiger partial charge is 0.264 e. The summed E-state index contributed by atoms with van der Waals surface area (Å²) in [4.78, 5) is 26.0. The minimum Gasteiger partial charge on any atom is -0.353 e. The molecule has 1 aliphatic heterocycles. The molecule has 0 saturated carbocycles. The summed E-state index contributed by atoms with van der Waals surface area (Å²) < 4.78 is 2.73. The molecule has 1 saturated heterocycles. The molecular weight excluding hydrogens is 392 g/mol. The zero-order valence-corrected chi connectivity index (χ0v) is 15.4. The van der Waals surface area contributed by atoms with Crippen LogP contribution in [0, 0.1) is 6.92 Å². The standard InChI is InChI=1S/C15H15BrN6OS/c1-10-8-13(22-15(19-10)17-9-18-22)20-4-6-21(7-5-20)14(23)11-2-3-12(16)24-11/h2-3,8-9H,4-7H2,1H3. The van der Waals surface area contributed by atoms with E-state index in [2.05, 4.69) is 35.9 Å². The Hall–Kier alpha value is -2.00. The third-order valence-electron chi connectivity index (χ3n) is 4.04. The minimum absolute atomic E-state index is 0.0992. The first-order valence-electron chi connectivity index (χ1n) is 7.59. The topological polar surface area (TPSA) is 66.6 Å². The minimum atomic E-state index is 0.0992. The number of piperazine rings is 1. The monoisotopic (exact) mass is 406 g/mol. The van der Waals surface area contributed by atoms with Crippen LogP contribution in [0.15, 0.2) is 28.3 Å². The molecule has 9 heteroatoms. The average Bonchev–Trinajstić information content (AvgIpc) is 3.22. The van der Waals surface area contributed by atoms with Gasteiger partial charge in [0.1, 0.15) is 12.1 Å². The van der Waals surface area contributed by atoms with Crippen molar-refractivity contribution < 1.29 is 4.79 Å². The Kier molecular flexibility index (Phi) is 3.97. The molecule has 0 N–H and O–H groups in total. The number of aromatic nitrogens is 4. The highest BCUT2D eigenvalue weighted by Crippen LogP contribution is 2.24. The van der Waals surface area contributed by atoms with Gasteiger partial charge in [-0.2, -0.15) is 14.6 Å². The number of thiophene rings is 1. The summed E-state index contributed by atoms with van der Waals surface area (Å²) in [6, 6.07) is 5.79. The number of halogens is 1. The van der Waals surface area contributed by atoms with E-state index in [4.69, 9.17) is 0 Å². The molecule has 7 nitrogen and oxygen atoms in total. The maximum atomic E-state index is 12.5. The largest absolute Gasteiger partial charge is 0.353 e. The molecule has 0 spiro atoms. The van der Waals surface area contributed by atoms with Crippen LogP contribution in [0.1, 0.15) is 15.4 Å². The second kappa shape index (κ2) is 6.14. The maximum absolute atomic E-state index is 12.5. The molecule has 0 radical (unpaired) electrons. The number of fused-ring (bicyclic) bond motifs is 1. The highest BCUT2D eigenvalue weighted by Gasteiger charge is 2.24. The summed E-state index contributed by atoms with van der Waals surface area (Å²) in [5.41, 5.74) is 0.910. The fourth-order valence-electron chi connectivity index (χ4n) is 2.86. The number of carbonyl (C=O) groups is 1. The molecule has 4 rings (SSSR count). The lowest BCUT2D eigenvalue weighted by Crippen LogP contribution is -2.49. The van der Waals surface area contributed by atoms with Crippen molar-refractivity contribution in [3.05, 3.63) is 38.9 Å². The van der Waals surface area contributed by atoms with Gasteiger partial charge in [-0.15, -0.1) is 11.3 Å². The van der Waals surface area contributed by atoms with Gasteiger partial charge in [0.05, 0.1) is 8.66 Å². The van der Waals surface area contributed by atoms with Crippen LogP contribution in [0.3, 0.4) is 0 Å². The average molecular weight is 407 g/mol. The van der Waals surface area contributed by atoms with Gasteiger partial charge in [-0.3, -0.25) is 4.79 Å². The molecule has 1 amide bonds. The molecular formula is C15H15BrN6OS. The summed E-state index contributed by atoms with van der Waals surface area (Å²) >= 11 is 4.88. The number of hydrogen-bond donors (Lipinski definition) is 0. The van der Waals surface area contributed by atoms with Gasteiger partial charge < -0.3 is 9.80 Å². The molecule has 3 aromatic heterocycles. The van der Waals surface area contributed by atoms with E-state index in [0.29, 0.717) is 18.9 Å². The van der Waals surface area contributed by atoms with Gasteiger partial charge in [0.2, 0.25) is 0 Å². The number of hydrogen-bond acceptors (Lipinski definition) is 6. The second-order valence-corrected chi connectivity index (χ2v) is 8.07. The van der Waals surface area contributed by atoms with Crippen molar-refractivity contribution in [1.29, 1.82) is 0 Å². The van der Waals surface area contributed by atoms with E-state index in [0.717, 1.165) is 33.3 Å². The predicted molar refractivity (Wildman–Crippen MR) is 95.7 cm³/mol. The Morgan fingerprint density at radius 2 is 2.04 bits per heavy atom. The van der Waals surface area contributed by atoms with Gasteiger partial charge >= 0.3 is 0 Å². The highest BCUT2D eigenvalue weighted by molar-refractivity contribution is 9.11. The molecule has 1 fully saturated rings. The van der Waals surface area contributed by atoms with Crippen molar-refractivity contribution in [3.63, 3.8) is 0 Å². The van der Waals surface area contributed by atoms with Gasteiger partial charge in [-0.25, -0.2) is 4.98 Å². The SMILES string of the molecule is Cc1cc(N2CCN(C(=O)c3ccc(Br)s3)CC2)n2ncnc2n1. The van der Waals surface area contributed by atoms with Crippen LogP contribution < -0.4 is 4.90 Å². The fraction of sp³-hybridized carbons (Fsp3) is 0.333. The number of anilines is 1. The van der Waals surface area contributed by atoms with Gasteiger partial charge in [0.25, 0.3) is 11.7 Å². The Labute approximate surface area is 151 Å². The zero-order chi connectivity index (χ0) is 16.7. The third kappa shape index (κ3) is 2.78. The van der Waals surface area contributed by atoms with Gasteiger partial charge in [-0.1, -0.05) is 0 Å². The Balaban J connectivity index is 1.51. The first kappa shape index (κ1) is 15.5. The normalized spacial score (nSPS) is 15.2. The van der Waals surface area contributed by atoms with Crippen molar-refractivity contribution >= 4 is 44.8 Å². The number of rotatable bonds is 2. The van der Waals surface area contributed by atoms with E-state index in [1.54, 1.807) is 4.52 Å². The first-order valence-corrected chi connectivity index (χ1v) is 9.20. The van der Waals surface area contributed by atoms with Gasteiger partial charge in [-0.05, 0) is 35.0 Å². The summed E-state index contributed by atoms with van der Waals surface area (Å²) in [6.07, 6.45) is 1.51. The van der Waals surface area contributed by atoms with Gasteiger partial charge in [0, 0.05) is 37.9 Å². The molecule has 4 heterocycles. The molecule has 0 aromatic carbocycles. The van der Waals surface area contributed by atoms with Crippen LogP contribution in [0.5, 0.6) is 0 Å². The van der Waals surface area contributed by atoms with E-state index >= 15 is 0 Å². The van der Waals surface area contributed by atoms with Crippen molar-refractivity contribution in [2.45, 2.75) is 6.92 Å². The lowest BCUT2D eigenvalue weighted by molar-refractivity contribution is 0.0751. The van der Waals surface area contributed by atoms with E-state index in [1.807, 2.05) is 30.0 Å². The van der Waals surface area contributed by atoms with Crippen LogP contribution >= 0.6 is 27.3 Å². The van der Waals surface area contributed by atoms with Crippen molar-refractivity contribution in [1.82, 2.24) is 24.5 Å². The van der Waals surface area contributed by atoms with Crippen LogP contribution in [-0.2, 0) is 0 Å².